The minimum Gasteiger partial charge on any atom is -0.357 e. The summed E-state index contributed by atoms with van der Waals surface area (Å²) in [6.07, 6.45) is 1.19. The molecular weight excluding hydrogens is 486 g/mol. The van der Waals surface area contributed by atoms with Gasteiger partial charge in [0.15, 0.2) is 0 Å². The SMILES string of the molecule is CCc1ccc(N(CC(=O)N(Cc2cccc(C)c2)[C@@H](CC)C(=O)NC)S(=O)(=O)c2ccccc2)cc1. The van der Waals surface area contributed by atoms with E-state index in [0.717, 1.165) is 27.4 Å². The summed E-state index contributed by atoms with van der Waals surface area (Å²) in [6.45, 7) is 5.55. The standard InChI is InChI=1S/C29H35N3O4S/c1-5-23-15-17-25(18-16-23)32(37(35,36)26-13-8-7-9-14-26)21-28(33)31(27(6-2)29(34)30-4)20-24-12-10-11-22(3)19-24/h7-19,27H,5-6,20-21H2,1-4H3,(H,30,34)/t27-/m0/s1. The Balaban J connectivity index is 2.05. The maximum Gasteiger partial charge on any atom is 0.264 e. The molecule has 1 N–H and O–H groups in total. The van der Waals surface area contributed by atoms with E-state index < -0.39 is 28.5 Å². The molecule has 37 heavy (non-hydrogen) atoms. The highest BCUT2D eigenvalue weighted by Gasteiger charge is 2.33. The molecule has 0 aliphatic rings. The minimum absolute atomic E-state index is 0.0888. The summed E-state index contributed by atoms with van der Waals surface area (Å²) in [4.78, 5) is 28.2. The molecule has 0 unspecified atom stereocenters. The van der Waals surface area contributed by atoms with Crippen molar-refractivity contribution in [1.29, 1.82) is 0 Å². The molecule has 7 nitrogen and oxygen atoms in total. The van der Waals surface area contributed by atoms with Gasteiger partial charge in [-0.15, -0.1) is 0 Å². The first-order valence-electron chi connectivity index (χ1n) is 12.4. The summed E-state index contributed by atoms with van der Waals surface area (Å²) >= 11 is 0. The summed E-state index contributed by atoms with van der Waals surface area (Å²) in [7, 11) is -2.53. The Morgan fingerprint density at radius 2 is 1.57 bits per heavy atom. The fourth-order valence-electron chi connectivity index (χ4n) is 4.24. The lowest BCUT2D eigenvalue weighted by molar-refractivity contribution is -0.140. The summed E-state index contributed by atoms with van der Waals surface area (Å²) in [5, 5.41) is 2.64. The zero-order chi connectivity index (χ0) is 27.0. The molecule has 0 radical (unpaired) electrons. The molecule has 3 aromatic carbocycles. The van der Waals surface area contributed by atoms with Crippen LogP contribution in [-0.4, -0.2) is 44.8 Å². The van der Waals surface area contributed by atoms with Crippen LogP contribution in [0.1, 0.15) is 37.0 Å². The van der Waals surface area contributed by atoms with Crippen molar-refractivity contribution in [1.82, 2.24) is 10.2 Å². The second-order valence-electron chi connectivity index (χ2n) is 8.89. The molecule has 0 heterocycles. The molecule has 0 fully saturated rings. The smallest absolute Gasteiger partial charge is 0.264 e. The van der Waals surface area contributed by atoms with Crippen LogP contribution in [0.3, 0.4) is 0 Å². The number of amides is 2. The molecule has 0 aliphatic carbocycles. The molecule has 0 saturated heterocycles. The van der Waals surface area contributed by atoms with E-state index in [4.69, 9.17) is 0 Å². The summed E-state index contributed by atoms with van der Waals surface area (Å²) in [5.74, 6) is -0.760. The lowest BCUT2D eigenvalue weighted by Crippen LogP contribution is -2.51. The van der Waals surface area contributed by atoms with Crippen LogP contribution in [0.15, 0.2) is 83.8 Å². The van der Waals surface area contributed by atoms with E-state index in [0.29, 0.717) is 12.1 Å². The van der Waals surface area contributed by atoms with E-state index in [1.54, 1.807) is 30.3 Å². The van der Waals surface area contributed by atoms with Crippen molar-refractivity contribution in [2.45, 2.75) is 51.1 Å². The summed E-state index contributed by atoms with van der Waals surface area (Å²) in [6, 6.07) is 22.2. The number of sulfonamides is 1. The van der Waals surface area contributed by atoms with Crippen molar-refractivity contribution in [2.24, 2.45) is 0 Å². The van der Waals surface area contributed by atoms with Crippen molar-refractivity contribution in [2.75, 3.05) is 17.9 Å². The number of aryl methyl sites for hydroxylation is 2. The third-order valence-electron chi connectivity index (χ3n) is 6.31. The average Bonchev–Trinajstić information content (AvgIpc) is 2.91. The second kappa shape index (κ2) is 12.5. The number of benzene rings is 3. The first kappa shape index (κ1) is 27.9. The highest BCUT2D eigenvalue weighted by atomic mass is 32.2. The summed E-state index contributed by atoms with van der Waals surface area (Å²) in [5.41, 5.74) is 3.33. The molecule has 0 aliphatic heterocycles. The van der Waals surface area contributed by atoms with Crippen LogP contribution in [-0.2, 0) is 32.6 Å². The molecule has 196 valence electrons. The van der Waals surface area contributed by atoms with Crippen LogP contribution in [0, 0.1) is 6.92 Å². The average molecular weight is 522 g/mol. The van der Waals surface area contributed by atoms with Crippen molar-refractivity contribution in [3.05, 3.63) is 95.6 Å². The molecule has 0 aromatic heterocycles. The highest BCUT2D eigenvalue weighted by molar-refractivity contribution is 7.92. The fourth-order valence-corrected chi connectivity index (χ4v) is 5.67. The van der Waals surface area contributed by atoms with Crippen molar-refractivity contribution in [3.8, 4) is 0 Å². The topological polar surface area (TPSA) is 86.8 Å². The Hall–Kier alpha value is -3.65. The Morgan fingerprint density at radius 3 is 2.14 bits per heavy atom. The number of carbonyl (C=O) groups is 2. The first-order valence-corrected chi connectivity index (χ1v) is 13.9. The number of likely N-dealkylation sites (N-methyl/N-ethyl adjacent to an activating group) is 1. The molecule has 0 bridgehead atoms. The van der Waals surface area contributed by atoms with Crippen molar-refractivity contribution in [3.63, 3.8) is 0 Å². The number of anilines is 1. The number of carbonyl (C=O) groups excluding carboxylic acids is 2. The zero-order valence-corrected chi connectivity index (χ0v) is 22.7. The van der Waals surface area contributed by atoms with Gasteiger partial charge in [-0.2, -0.15) is 0 Å². The van der Waals surface area contributed by atoms with Gasteiger partial charge in [0.2, 0.25) is 11.8 Å². The maximum atomic E-state index is 13.9. The predicted molar refractivity (Wildman–Crippen MR) is 147 cm³/mol. The fraction of sp³-hybridized carbons (Fsp3) is 0.310. The van der Waals surface area contributed by atoms with Crippen LogP contribution in [0.25, 0.3) is 0 Å². The number of nitrogens with zero attached hydrogens (tertiary/aromatic N) is 2. The Morgan fingerprint density at radius 1 is 0.892 bits per heavy atom. The van der Waals surface area contributed by atoms with Gasteiger partial charge < -0.3 is 10.2 Å². The van der Waals surface area contributed by atoms with Crippen LogP contribution < -0.4 is 9.62 Å². The Labute approximate surface area is 220 Å². The van der Waals surface area contributed by atoms with E-state index in [1.807, 2.05) is 57.2 Å². The van der Waals surface area contributed by atoms with E-state index in [9.17, 15) is 18.0 Å². The van der Waals surface area contributed by atoms with Gasteiger partial charge in [-0.25, -0.2) is 8.42 Å². The number of nitrogens with one attached hydrogen (secondary N) is 1. The largest absolute Gasteiger partial charge is 0.357 e. The number of hydrogen-bond acceptors (Lipinski definition) is 4. The molecular formula is C29H35N3O4S. The lowest BCUT2D eigenvalue weighted by Gasteiger charge is -2.33. The lowest BCUT2D eigenvalue weighted by atomic mass is 10.1. The number of rotatable bonds is 11. The maximum absolute atomic E-state index is 13.9. The molecule has 1 atom stereocenters. The Kier molecular flexibility index (Phi) is 9.47. The molecule has 3 aromatic rings. The van der Waals surface area contributed by atoms with E-state index in [2.05, 4.69) is 5.32 Å². The minimum atomic E-state index is -4.05. The van der Waals surface area contributed by atoms with Crippen LogP contribution in [0.5, 0.6) is 0 Å². The predicted octanol–water partition coefficient (Wildman–Crippen LogP) is 4.31. The van der Waals surface area contributed by atoms with Crippen LogP contribution >= 0.6 is 0 Å². The molecule has 0 saturated carbocycles. The zero-order valence-electron chi connectivity index (χ0n) is 21.8. The Bertz CT molecular complexity index is 1310. The number of hydrogen-bond donors (Lipinski definition) is 1. The van der Waals surface area contributed by atoms with E-state index in [-0.39, 0.29) is 17.3 Å². The van der Waals surface area contributed by atoms with Gasteiger partial charge >= 0.3 is 0 Å². The van der Waals surface area contributed by atoms with Gasteiger partial charge in [0.1, 0.15) is 12.6 Å². The summed E-state index contributed by atoms with van der Waals surface area (Å²) < 4.78 is 28.6. The molecule has 8 heteroatoms. The van der Waals surface area contributed by atoms with Crippen molar-refractivity contribution < 1.29 is 18.0 Å². The molecule has 2 amide bonds. The van der Waals surface area contributed by atoms with Crippen LogP contribution in [0.2, 0.25) is 0 Å². The van der Waals surface area contributed by atoms with Gasteiger partial charge in [0.25, 0.3) is 10.0 Å². The van der Waals surface area contributed by atoms with E-state index >= 15 is 0 Å². The molecule has 3 rings (SSSR count). The normalized spacial score (nSPS) is 12.0. The third kappa shape index (κ3) is 6.77. The van der Waals surface area contributed by atoms with E-state index in [1.165, 1.54) is 24.1 Å². The third-order valence-corrected chi connectivity index (χ3v) is 8.10. The quantitative estimate of drug-likeness (QED) is 0.408. The first-order chi connectivity index (χ1) is 17.7. The van der Waals surface area contributed by atoms with Gasteiger partial charge in [0.05, 0.1) is 10.6 Å². The van der Waals surface area contributed by atoms with Gasteiger partial charge in [0, 0.05) is 13.6 Å². The van der Waals surface area contributed by atoms with Crippen LogP contribution in [0.4, 0.5) is 5.69 Å². The van der Waals surface area contributed by atoms with Gasteiger partial charge in [-0.3, -0.25) is 13.9 Å². The van der Waals surface area contributed by atoms with Gasteiger partial charge in [-0.1, -0.05) is 74.0 Å². The second-order valence-corrected chi connectivity index (χ2v) is 10.8. The van der Waals surface area contributed by atoms with Gasteiger partial charge in [-0.05, 0) is 55.2 Å². The van der Waals surface area contributed by atoms with Crippen molar-refractivity contribution >= 4 is 27.5 Å². The molecule has 0 spiro atoms. The monoisotopic (exact) mass is 521 g/mol. The highest BCUT2D eigenvalue weighted by Crippen LogP contribution is 2.25.